The Labute approximate surface area is 51.6 Å². The molecule has 0 aliphatic heterocycles. The van der Waals surface area contributed by atoms with Crippen LogP contribution in [0.2, 0.25) is 0 Å². The lowest BCUT2D eigenvalue weighted by atomic mass is 10.1. The van der Waals surface area contributed by atoms with E-state index in [1.165, 1.54) is 25.7 Å². The van der Waals surface area contributed by atoms with E-state index >= 15 is 0 Å². The second-order valence-corrected chi connectivity index (χ2v) is 2.21. The molecule has 44 valence electrons. The van der Waals surface area contributed by atoms with Crippen molar-refractivity contribution >= 4 is 0 Å². The Bertz CT molecular complexity index is 62.1. The molecule has 8 heavy (non-hydrogen) atoms. The fourth-order valence-electron chi connectivity index (χ4n) is 0.916. The number of hydrogen-bond donors (Lipinski definition) is 0. The summed E-state index contributed by atoms with van der Waals surface area (Å²) in [5.41, 5.74) is 0. The van der Waals surface area contributed by atoms with Crippen LogP contribution in [0.1, 0.15) is 32.1 Å². The quantitative estimate of drug-likeness (QED) is 0.447. The second-order valence-electron chi connectivity index (χ2n) is 2.21. The van der Waals surface area contributed by atoms with Crippen molar-refractivity contribution < 1.29 is 0 Å². The summed E-state index contributed by atoms with van der Waals surface area (Å²) in [6, 6.07) is 0. The first-order valence-corrected chi connectivity index (χ1v) is 3.38. The topological polar surface area (TPSA) is 0 Å². The zero-order valence-electron chi connectivity index (χ0n) is 5.19. The van der Waals surface area contributed by atoms with E-state index in [1.807, 2.05) is 0 Å². The maximum atomic E-state index is 3.21. The van der Waals surface area contributed by atoms with Gasteiger partial charge in [0.2, 0.25) is 0 Å². The van der Waals surface area contributed by atoms with Crippen LogP contribution in [-0.4, -0.2) is 0 Å². The van der Waals surface area contributed by atoms with Gasteiger partial charge in [0, 0.05) is 6.42 Å². The first kappa shape index (κ1) is 5.87. The van der Waals surface area contributed by atoms with Gasteiger partial charge in [0.1, 0.15) is 0 Å². The summed E-state index contributed by atoms with van der Waals surface area (Å²) in [6.07, 6.45) is 14.0. The molecule has 1 aliphatic carbocycles. The van der Waals surface area contributed by atoms with Crippen LogP contribution < -0.4 is 0 Å². The molecule has 0 saturated carbocycles. The minimum Gasteiger partial charge on any atom is -0.0879 e. The molecule has 0 N–H and O–H groups in total. The van der Waals surface area contributed by atoms with Crippen molar-refractivity contribution in [3.63, 3.8) is 0 Å². The number of allylic oxidation sites excluding steroid dienone is 2. The van der Waals surface area contributed by atoms with E-state index in [2.05, 4.69) is 18.6 Å². The summed E-state index contributed by atoms with van der Waals surface area (Å²) in [5.74, 6) is 0. The summed E-state index contributed by atoms with van der Waals surface area (Å²) in [6.45, 7) is 0. The fourth-order valence-corrected chi connectivity index (χ4v) is 0.916. The molecule has 0 unspecified atom stereocenters. The minimum atomic E-state index is 1.16. The van der Waals surface area contributed by atoms with Crippen LogP contribution in [0.3, 0.4) is 0 Å². The second kappa shape index (κ2) is 3.71. The average Bonchev–Trinajstić information content (AvgIpc) is 1.62. The van der Waals surface area contributed by atoms with Gasteiger partial charge in [0.15, 0.2) is 0 Å². The van der Waals surface area contributed by atoms with Crippen molar-refractivity contribution in [1.82, 2.24) is 0 Å². The minimum absolute atomic E-state index is 1.16. The molecule has 1 aliphatic rings. The summed E-state index contributed by atoms with van der Waals surface area (Å²) in [7, 11) is 0. The SMILES string of the molecule is [C]1/C=C\CCCCC1. The van der Waals surface area contributed by atoms with Gasteiger partial charge in [0.25, 0.3) is 0 Å². The van der Waals surface area contributed by atoms with Crippen LogP contribution in [0.4, 0.5) is 0 Å². The highest BCUT2D eigenvalue weighted by molar-refractivity contribution is 4.95. The van der Waals surface area contributed by atoms with Crippen LogP contribution in [0.15, 0.2) is 12.2 Å². The normalized spacial score (nSPS) is 26.0. The summed E-state index contributed by atoms with van der Waals surface area (Å²) < 4.78 is 0. The van der Waals surface area contributed by atoms with Crippen molar-refractivity contribution in [3.8, 4) is 0 Å². The maximum absolute atomic E-state index is 3.21. The Morgan fingerprint density at radius 3 is 3.12 bits per heavy atom. The monoisotopic (exact) mass is 108 g/mol. The first-order valence-electron chi connectivity index (χ1n) is 3.38. The lowest BCUT2D eigenvalue weighted by Gasteiger charge is -1.99. The van der Waals surface area contributed by atoms with Gasteiger partial charge < -0.3 is 0 Å². The molecule has 2 radical (unpaired) electrons. The first-order chi connectivity index (χ1) is 4.00. The van der Waals surface area contributed by atoms with Crippen molar-refractivity contribution in [3.05, 3.63) is 18.6 Å². The van der Waals surface area contributed by atoms with Crippen LogP contribution in [0.5, 0.6) is 0 Å². The molecule has 0 spiro atoms. The fraction of sp³-hybridized carbons (Fsp3) is 0.625. The molecule has 0 nitrogen and oxygen atoms in total. The molecule has 1 rings (SSSR count). The Morgan fingerprint density at radius 2 is 2.12 bits per heavy atom. The molecule has 0 aromatic heterocycles. The van der Waals surface area contributed by atoms with Crippen LogP contribution in [0, 0.1) is 6.42 Å². The summed E-state index contributed by atoms with van der Waals surface area (Å²) >= 11 is 0. The molecule has 0 amide bonds. The van der Waals surface area contributed by atoms with E-state index in [0.29, 0.717) is 0 Å². The van der Waals surface area contributed by atoms with Gasteiger partial charge in [-0.1, -0.05) is 25.0 Å². The molecular formula is C8H12. The van der Waals surface area contributed by atoms with Crippen LogP contribution >= 0.6 is 0 Å². The Hall–Kier alpha value is -0.260. The lowest BCUT2D eigenvalue weighted by Crippen LogP contribution is -1.80. The summed E-state index contributed by atoms with van der Waals surface area (Å²) in [4.78, 5) is 0. The summed E-state index contributed by atoms with van der Waals surface area (Å²) in [5, 5.41) is 0. The molecule has 0 heterocycles. The van der Waals surface area contributed by atoms with Crippen molar-refractivity contribution in [2.24, 2.45) is 0 Å². The molecule has 0 bridgehead atoms. The van der Waals surface area contributed by atoms with E-state index in [9.17, 15) is 0 Å². The van der Waals surface area contributed by atoms with Gasteiger partial charge in [-0.05, 0) is 19.3 Å². The zero-order valence-corrected chi connectivity index (χ0v) is 5.19. The maximum Gasteiger partial charge on any atom is 0.00808 e. The van der Waals surface area contributed by atoms with Crippen LogP contribution in [0.25, 0.3) is 0 Å². The van der Waals surface area contributed by atoms with Gasteiger partial charge in [0.05, 0.1) is 0 Å². The predicted octanol–water partition coefficient (Wildman–Crippen LogP) is 2.59. The van der Waals surface area contributed by atoms with E-state index in [1.54, 1.807) is 0 Å². The van der Waals surface area contributed by atoms with E-state index < -0.39 is 0 Å². The van der Waals surface area contributed by atoms with Gasteiger partial charge in [-0.2, -0.15) is 0 Å². The van der Waals surface area contributed by atoms with Crippen molar-refractivity contribution in [2.45, 2.75) is 32.1 Å². The van der Waals surface area contributed by atoms with Crippen molar-refractivity contribution in [1.29, 1.82) is 0 Å². The molecule has 0 saturated heterocycles. The van der Waals surface area contributed by atoms with Gasteiger partial charge in [-0.25, -0.2) is 0 Å². The number of hydrogen-bond acceptors (Lipinski definition) is 0. The molecule has 0 fully saturated rings. The highest BCUT2D eigenvalue weighted by Crippen LogP contribution is 2.09. The number of rotatable bonds is 0. The Kier molecular flexibility index (Phi) is 2.72. The molecule has 0 heteroatoms. The van der Waals surface area contributed by atoms with Crippen LogP contribution in [-0.2, 0) is 0 Å². The molecule has 0 aromatic carbocycles. The highest BCUT2D eigenvalue weighted by Gasteiger charge is 1.90. The zero-order chi connectivity index (χ0) is 5.66. The van der Waals surface area contributed by atoms with E-state index in [0.717, 1.165) is 6.42 Å². The van der Waals surface area contributed by atoms with Gasteiger partial charge >= 0.3 is 0 Å². The largest absolute Gasteiger partial charge is 0.0879 e. The molecule has 0 atom stereocenters. The lowest BCUT2D eigenvalue weighted by molar-refractivity contribution is 0.677. The average molecular weight is 108 g/mol. The predicted molar refractivity (Wildman–Crippen MR) is 35.5 cm³/mol. The van der Waals surface area contributed by atoms with Crippen molar-refractivity contribution in [2.75, 3.05) is 0 Å². The smallest absolute Gasteiger partial charge is 0.00808 e. The molecular weight excluding hydrogens is 96.1 g/mol. The van der Waals surface area contributed by atoms with Gasteiger partial charge in [-0.15, -0.1) is 0 Å². The van der Waals surface area contributed by atoms with E-state index in [4.69, 9.17) is 0 Å². The van der Waals surface area contributed by atoms with E-state index in [-0.39, 0.29) is 0 Å². The Morgan fingerprint density at radius 1 is 1.12 bits per heavy atom. The third-order valence-corrected chi connectivity index (χ3v) is 1.43. The standard InChI is InChI=1S/C8H12/c1-2-4-6-8-7-5-3-1/h1-2H,3,5-8H2/b2-1-. The molecule has 0 aromatic rings. The third-order valence-electron chi connectivity index (χ3n) is 1.43. The van der Waals surface area contributed by atoms with Gasteiger partial charge in [-0.3, -0.25) is 0 Å². The Balaban J connectivity index is 2.17. The third kappa shape index (κ3) is 2.15. The highest BCUT2D eigenvalue weighted by atomic mass is 14.0.